The van der Waals surface area contributed by atoms with E-state index >= 15 is 0 Å². The highest BCUT2D eigenvalue weighted by Crippen LogP contribution is 2.38. The number of ketones is 1. The maximum Gasteiger partial charge on any atom is 0.405 e. The van der Waals surface area contributed by atoms with Crippen LogP contribution in [0.4, 0.5) is 19.0 Å². The third-order valence-corrected chi connectivity index (χ3v) is 6.31. The zero-order valence-electron chi connectivity index (χ0n) is 22.4. The maximum absolute atomic E-state index is 13.2. The minimum absolute atomic E-state index is 0.0226. The first kappa shape index (κ1) is 28.4. The number of nitrogens with one attached hydrogen (secondary N) is 2. The molecule has 7 nitrogen and oxygen atoms in total. The zero-order valence-corrected chi connectivity index (χ0v) is 22.4. The second-order valence-corrected chi connectivity index (χ2v) is 10.1. The molecule has 0 radical (unpaired) electrons. The van der Waals surface area contributed by atoms with Crippen LogP contribution in [0.15, 0.2) is 59.0 Å². The van der Waals surface area contributed by atoms with Crippen molar-refractivity contribution in [1.29, 1.82) is 5.26 Å². The van der Waals surface area contributed by atoms with Gasteiger partial charge in [-0.2, -0.15) is 23.4 Å². The van der Waals surface area contributed by atoms with E-state index in [0.717, 1.165) is 5.56 Å². The Labute approximate surface area is 229 Å². The molecular formula is C30H27F3N4O3. The lowest BCUT2D eigenvalue weighted by molar-refractivity contribution is -0.115. The number of halogens is 3. The number of furan rings is 1. The summed E-state index contributed by atoms with van der Waals surface area (Å²) in [6.07, 6.45) is -4.57. The molecule has 2 N–H and O–H groups in total. The van der Waals surface area contributed by atoms with Gasteiger partial charge in [-0.15, -0.1) is 0 Å². The summed E-state index contributed by atoms with van der Waals surface area (Å²) in [6, 6.07) is 17.2. The van der Waals surface area contributed by atoms with E-state index in [4.69, 9.17) is 4.42 Å². The number of aryl methyl sites for hydroxylation is 1. The van der Waals surface area contributed by atoms with Gasteiger partial charge in [-0.3, -0.25) is 9.59 Å². The molecule has 2 heterocycles. The molecule has 0 aliphatic carbocycles. The predicted octanol–water partition coefficient (Wildman–Crippen LogP) is 6.93. The molecule has 2 aromatic carbocycles. The van der Waals surface area contributed by atoms with Gasteiger partial charge in [0.05, 0.1) is 22.4 Å². The average Bonchev–Trinajstić information content (AvgIpc) is 3.29. The third kappa shape index (κ3) is 6.15. The number of nitriles is 1. The molecule has 10 heteroatoms. The van der Waals surface area contributed by atoms with E-state index in [1.165, 1.54) is 19.2 Å². The number of amides is 1. The fourth-order valence-electron chi connectivity index (χ4n) is 4.22. The van der Waals surface area contributed by atoms with Crippen LogP contribution in [0.1, 0.15) is 46.5 Å². The van der Waals surface area contributed by atoms with Gasteiger partial charge >= 0.3 is 6.18 Å². The first-order chi connectivity index (χ1) is 18.8. The molecular weight excluding hydrogens is 521 g/mol. The van der Waals surface area contributed by atoms with Crippen molar-refractivity contribution < 1.29 is 27.2 Å². The van der Waals surface area contributed by atoms with Crippen LogP contribution in [0.25, 0.3) is 33.6 Å². The van der Waals surface area contributed by atoms with E-state index < -0.39 is 24.0 Å². The summed E-state index contributed by atoms with van der Waals surface area (Å²) >= 11 is 0. The molecule has 2 aromatic heterocycles. The van der Waals surface area contributed by atoms with Crippen molar-refractivity contribution in [2.75, 3.05) is 18.9 Å². The summed E-state index contributed by atoms with van der Waals surface area (Å²) in [5.74, 6) is -0.646. The molecule has 0 aliphatic rings. The number of Topliss-reactive ketones (excluding diaryl/α,β-unsaturated/α-hetero) is 1. The van der Waals surface area contributed by atoms with E-state index in [0.29, 0.717) is 22.1 Å². The zero-order chi connectivity index (χ0) is 29.2. The van der Waals surface area contributed by atoms with Crippen molar-refractivity contribution in [1.82, 2.24) is 10.3 Å². The SMILES string of the molecule is CNC(=O)c1c(-c2ccc(C)cc2)oc2nc(NCC(F)(F)F)c(-c3cccc(C(=O)CC(C)(C)C#N)c3)cc12. The Morgan fingerprint density at radius 3 is 2.38 bits per heavy atom. The highest BCUT2D eigenvalue weighted by Gasteiger charge is 2.29. The number of nitrogens with zero attached hydrogens (tertiary/aromatic N) is 2. The number of carbonyl (C=O) groups is 2. The Kier molecular flexibility index (Phi) is 7.69. The minimum atomic E-state index is -4.53. The Bertz CT molecular complexity index is 1630. The van der Waals surface area contributed by atoms with Gasteiger partial charge in [0, 0.05) is 30.2 Å². The number of pyridine rings is 1. The molecule has 4 rings (SSSR count). The lowest BCUT2D eigenvalue weighted by atomic mass is 9.86. The number of hydrogen-bond acceptors (Lipinski definition) is 6. The van der Waals surface area contributed by atoms with Gasteiger partial charge in [-0.25, -0.2) is 0 Å². The first-order valence-electron chi connectivity index (χ1n) is 12.4. The van der Waals surface area contributed by atoms with Crippen molar-refractivity contribution in [3.8, 4) is 28.5 Å². The largest absolute Gasteiger partial charge is 0.437 e. The number of benzene rings is 2. The number of hydrogen-bond donors (Lipinski definition) is 2. The van der Waals surface area contributed by atoms with E-state index in [1.54, 1.807) is 44.2 Å². The normalized spacial score (nSPS) is 11.8. The molecule has 0 aliphatic heterocycles. The quantitative estimate of drug-likeness (QED) is 0.231. The summed E-state index contributed by atoms with van der Waals surface area (Å²) in [6.45, 7) is 3.85. The molecule has 4 aromatic rings. The van der Waals surface area contributed by atoms with Crippen LogP contribution in [0.3, 0.4) is 0 Å². The minimum Gasteiger partial charge on any atom is -0.437 e. The van der Waals surface area contributed by atoms with Crippen molar-refractivity contribution in [3.05, 3.63) is 71.3 Å². The molecule has 0 saturated heterocycles. The second kappa shape index (κ2) is 10.8. The monoisotopic (exact) mass is 548 g/mol. The number of aromatic nitrogens is 1. The number of fused-ring (bicyclic) bond motifs is 1. The van der Waals surface area contributed by atoms with Gasteiger partial charge in [0.1, 0.15) is 18.1 Å². The van der Waals surface area contributed by atoms with Crippen LogP contribution in [-0.2, 0) is 0 Å². The molecule has 206 valence electrons. The molecule has 0 saturated carbocycles. The highest BCUT2D eigenvalue weighted by molar-refractivity contribution is 6.11. The van der Waals surface area contributed by atoms with E-state index in [9.17, 15) is 28.0 Å². The summed E-state index contributed by atoms with van der Waals surface area (Å²) in [7, 11) is 1.46. The first-order valence-corrected chi connectivity index (χ1v) is 12.4. The average molecular weight is 549 g/mol. The Morgan fingerprint density at radius 1 is 1.05 bits per heavy atom. The van der Waals surface area contributed by atoms with Gasteiger partial charge in [0.2, 0.25) is 5.71 Å². The Morgan fingerprint density at radius 2 is 1.75 bits per heavy atom. The van der Waals surface area contributed by atoms with Crippen LogP contribution in [0.5, 0.6) is 0 Å². The molecule has 0 unspecified atom stereocenters. The van der Waals surface area contributed by atoms with Crippen molar-refractivity contribution >= 4 is 28.6 Å². The lowest BCUT2D eigenvalue weighted by Gasteiger charge is -2.15. The number of rotatable bonds is 8. The predicted molar refractivity (Wildman–Crippen MR) is 146 cm³/mol. The molecule has 0 spiro atoms. The third-order valence-electron chi connectivity index (χ3n) is 6.31. The van der Waals surface area contributed by atoms with E-state index in [-0.39, 0.29) is 40.6 Å². The van der Waals surface area contributed by atoms with Gasteiger partial charge in [-0.05, 0) is 38.5 Å². The van der Waals surface area contributed by atoms with E-state index in [2.05, 4.69) is 21.7 Å². The summed E-state index contributed by atoms with van der Waals surface area (Å²) in [5, 5.41) is 14.5. The fraction of sp³-hybridized carbons (Fsp3) is 0.267. The highest BCUT2D eigenvalue weighted by atomic mass is 19.4. The van der Waals surface area contributed by atoms with Crippen molar-refractivity contribution in [3.63, 3.8) is 0 Å². The van der Waals surface area contributed by atoms with Crippen LogP contribution in [0, 0.1) is 23.7 Å². The van der Waals surface area contributed by atoms with Crippen molar-refractivity contribution in [2.45, 2.75) is 33.4 Å². The summed E-state index contributed by atoms with van der Waals surface area (Å²) in [4.78, 5) is 30.3. The smallest absolute Gasteiger partial charge is 0.405 e. The summed E-state index contributed by atoms with van der Waals surface area (Å²) in [5.41, 5.74) is 1.80. The maximum atomic E-state index is 13.2. The van der Waals surface area contributed by atoms with Crippen molar-refractivity contribution in [2.24, 2.45) is 5.41 Å². The number of anilines is 1. The standard InChI is InChI=1S/C30H27F3N4O3/c1-17-8-10-18(11-9-17)25-24(27(39)35-4)22-13-21(26(37-28(22)40-25)36-16-30(31,32)33)19-6-5-7-20(12-19)23(38)14-29(2,3)15-34/h5-13H,14,16H2,1-4H3,(H,35,39)(H,36,37). The van der Waals surface area contributed by atoms with Gasteiger partial charge in [0.15, 0.2) is 5.78 Å². The molecule has 40 heavy (non-hydrogen) atoms. The van der Waals surface area contributed by atoms with Gasteiger partial charge < -0.3 is 15.1 Å². The topological polar surface area (TPSA) is 108 Å². The van der Waals surface area contributed by atoms with Gasteiger partial charge in [0.25, 0.3) is 5.91 Å². The Balaban J connectivity index is 1.92. The van der Waals surface area contributed by atoms with Gasteiger partial charge in [-0.1, -0.05) is 48.0 Å². The van der Waals surface area contributed by atoms with Crippen LogP contribution in [-0.4, -0.2) is 36.4 Å². The van der Waals surface area contributed by atoms with E-state index in [1.807, 2.05) is 19.1 Å². The molecule has 0 atom stereocenters. The van der Waals surface area contributed by atoms with Crippen LogP contribution in [0.2, 0.25) is 0 Å². The summed E-state index contributed by atoms with van der Waals surface area (Å²) < 4.78 is 45.5. The fourth-order valence-corrected chi connectivity index (χ4v) is 4.22. The molecule has 0 fully saturated rings. The van der Waals surface area contributed by atoms with Crippen LogP contribution >= 0.6 is 0 Å². The second-order valence-electron chi connectivity index (χ2n) is 10.1. The number of carbonyl (C=O) groups excluding carboxylic acids is 2. The molecule has 0 bridgehead atoms. The Hall–Kier alpha value is -4.65. The van der Waals surface area contributed by atoms with Crippen LogP contribution < -0.4 is 10.6 Å². The molecule has 1 amide bonds. The number of alkyl halides is 3. The lowest BCUT2D eigenvalue weighted by Crippen LogP contribution is -2.22.